The Morgan fingerprint density at radius 1 is 1.04 bits per heavy atom. The van der Waals surface area contributed by atoms with Crippen LogP contribution in [0.15, 0.2) is 24.3 Å². The molecule has 0 saturated heterocycles. The van der Waals surface area contributed by atoms with E-state index in [1.165, 1.54) is 19.3 Å². The summed E-state index contributed by atoms with van der Waals surface area (Å²) in [6, 6.07) is 7.05. The van der Waals surface area contributed by atoms with E-state index in [1.54, 1.807) is 6.07 Å². The average Bonchev–Trinajstić information content (AvgIpc) is 2.61. The smallest absolute Gasteiger partial charge is 0.319 e. The second kappa shape index (κ2) is 10.1. The van der Waals surface area contributed by atoms with Gasteiger partial charge in [-0.25, -0.2) is 4.79 Å². The third kappa shape index (κ3) is 6.40. The second-order valence-corrected chi connectivity index (χ2v) is 6.91. The van der Waals surface area contributed by atoms with Crippen LogP contribution >= 0.6 is 0 Å². The highest BCUT2D eigenvalue weighted by Gasteiger charge is 2.26. The molecule has 3 amide bonds. The third-order valence-electron chi connectivity index (χ3n) is 4.91. The Bertz CT molecular complexity index is 566. The van der Waals surface area contributed by atoms with Crippen LogP contribution in [0.2, 0.25) is 0 Å². The minimum atomic E-state index is -0.239. The molecular weight excluding hydrogens is 314 g/mol. The number of benzene rings is 1. The van der Waals surface area contributed by atoms with Crippen molar-refractivity contribution in [2.45, 2.75) is 58.8 Å². The van der Waals surface area contributed by atoms with Gasteiger partial charge >= 0.3 is 6.03 Å². The number of amides is 3. The number of urea groups is 1. The normalized spacial score (nSPS) is 19.9. The van der Waals surface area contributed by atoms with Crippen LogP contribution in [0.4, 0.5) is 16.2 Å². The summed E-state index contributed by atoms with van der Waals surface area (Å²) in [4.78, 5) is 24.1. The molecule has 1 aromatic rings. The van der Waals surface area contributed by atoms with Crippen LogP contribution in [0.25, 0.3) is 0 Å². The van der Waals surface area contributed by atoms with Gasteiger partial charge in [0.2, 0.25) is 5.91 Å². The van der Waals surface area contributed by atoms with Crippen LogP contribution in [0.1, 0.15) is 58.8 Å². The Labute approximate surface area is 151 Å². The first-order valence-corrected chi connectivity index (χ1v) is 9.58. The Kier molecular flexibility index (Phi) is 7.76. The minimum Gasteiger partial charge on any atom is -0.338 e. The molecule has 0 radical (unpaired) electrons. The van der Waals surface area contributed by atoms with Crippen molar-refractivity contribution in [2.24, 2.45) is 11.8 Å². The third-order valence-corrected chi connectivity index (χ3v) is 4.91. The number of carbonyl (C=O) groups is 2. The molecule has 5 nitrogen and oxygen atoms in total. The number of anilines is 2. The fraction of sp³-hybridized carbons (Fsp3) is 0.600. The molecule has 0 unspecified atom stereocenters. The van der Waals surface area contributed by atoms with Gasteiger partial charge in [0.05, 0.1) is 0 Å². The first-order chi connectivity index (χ1) is 12.1. The first-order valence-electron chi connectivity index (χ1n) is 9.58. The van der Waals surface area contributed by atoms with Gasteiger partial charge in [-0.2, -0.15) is 0 Å². The quantitative estimate of drug-likeness (QED) is 0.666. The summed E-state index contributed by atoms with van der Waals surface area (Å²) < 4.78 is 0. The molecule has 138 valence electrons. The summed E-state index contributed by atoms with van der Waals surface area (Å²) >= 11 is 0. The SMILES string of the molecule is CCCCC1CCC(C(=O)Nc2cccc(NC(=O)NCC)c2)CC1. The van der Waals surface area contributed by atoms with Crippen molar-refractivity contribution in [3.05, 3.63) is 24.3 Å². The predicted octanol–water partition coefficient (Wildman–Crippen LogP) is 4.76. The summed E-state index contributed by atoms with van der Waals surface area (Å²) in [6.07, 6.45) is 8.15. The molecule has 0 heterocycles. The number of carbonyl (C=O) groups excluding carboxylic acids is 2. The van der Waals surface area contributed by atoms with Gasteiger partial charge in [0.25, 0.3) is 0 Å². The molecule has 0 atom stereocenters. The zero-order chi connectivity index (χ0) is 18.1. The fourth-order valence-electron chi connectivity index (χ4n) is 3.46. The Balaban J connectivity index is 1.83. The Morgan fingerprint density at radius 3 is 2.36 bits per heavy atom. The van der Waals surface area contributed by atoms with E-state index in [4.69, 9.17) is 0 Å². The highest BCUT2D eigenvalue weighted by Crippen LogP contribution is 2.32. The van der Waals surface area contributed by atoms with Crippen molar-refractivity contribution in [2.75, 3.05) is 17.2 Å². The molecule has 2 rings (SSSR count). The summed E-state index contributed by atoms with van der Waals surface area (Å²) in [5.41, 5.74) is 1.40. The van der Waals surface area contributed by atoms with E-state index in [1.807, 2.05) is 25.1 Å². The maximum atomic E-state index is 12.5. The maximum Gasteiger partial charge on any atom is 0.319 e. The number of hydrogen-bond acceptors (Lipinski definition) is 2. The zero-order valence-corrected chi connectivity index (χ0v) is 15.4. The molecule has 0 aromatic heterocycles. The minimum absolute atomic E-state index is 0.101. The maximum absolute atomic E-state index is 12.5. The van der Waals surface area contributed by atoms with E-state index in [0.29, 0.717) is 12.2 Å². The van der Waals surface area contributed by atoms with Gasteiger partial charge in [0.15, 0.2) is 0 Å². The van der Waals surface area contributed by atoms with Crippen molar-refractivity contribution in [1.29, 1.82) is 0 Å². The molecule has 0 spiro atoms. The van der Waals surface area contributed by atoms with E-state index >= 15 is 0 Å². The molecule has 1 saturated carbocycles. The highest BCUT2D eigenvalue weighted by atomic mass is 16.2. The molecule has 5 heteroatoms. The van der Waals surface area contributed by atoms with Crippen molar-refractivity contribution < 1.29 is 9.59 Å². The average molecular weight is 345 g/mol. The largest absolute Gasteiger partial charge is 0.338 e. The monoisotopic (exact) mass is 345 g/mol. The lowest BCUT2D eigenvalue weighted by molar-refractivity contribution is -0.121. The van der Waals surface area contributed by atoms with Gasteiger partial charge in [-0.1, -0.05) is 32.3 Å². The molecule has 3 N–H and O–H groups in total. The van der Waals surface area contributed by atoms with Gasteiger partial charge < -0.3 is 16.0 Å². The fourth-order valence-corrected chi connectivity index (χ4v) is 3.46. The standard InChI is InChI=1S/C20H31N3O2/c1-3-5-7-15-10-12-16(13-11-15)19(24)22-17-8-6-9-18(14-17)23-20(25)21-4-2/h6,8-9,14-16H,3-5,7,10-13H2,1-2H3,(H,22,24)(H2,21,23,25). The van der Waals surface area contributed by atoms with Crippen LogP contribution in [0.5, 0.6) is 0 Å². The van der Waals surface area contributed by atoms with Gasteiger partial charge in [-0.05, 0) is 56.7 Å². The molecule has 1 fully saturated rings. The van der Waals surface area contributed by atoms with Crippen LogP contribution in [0, 0.1) is 11.8 Å². The summed E-state index contributed by atoms with van der Waals surface area (Å²) in [6.45, 7) is 4.67. The van der Waals surface area contributed by atoms with E-state index in [9.17, 15) is 9.59 Å². The summed E-state index contributed by atoms with van der Waals surface area (Å²) in [5, 5.41) is 8.45. The first kappa shape index (κ1) is 19.3. The van der Waals surface area contributed by atoms with Crippen molar-refractivity contribution in [1.82, 2.24) is 5.32 Å². The molecular formula is C20H31N3O2. The molecule has 25 heavy (non-hydrogen) atoms. The molecule has 1 aliphatic rings. The van der Waals surface area contributed by atoms with Gasteiger partial charge in [0, 0.05) is 23.8 Å². The van der Waals surface area contributed by atoms with Crippen LogP contribution < -0.4 is 16.0 Å². The van der Waals surface area contributed by atoms with Crippen molar-refractivity contribution in [3.8, 4) is 0 Å². The van der Waals surface area contributed by atoms with Crippen molar-refractivity contribution in [3.63, 3.8) is 0 Å². The van der Waals surface area contributed by atoms with E-state index in [0.717, 1.165) is 37.3 Å². The lowest BCUT2D eigenvalue weighted by Crippen LogP contribution is -2.28. The number of hydrogen-bond donors (Lipinski definition) is 3. The van der Waals surface area contributed by atoms with Gasteiger partial charge in [-0.3, -0.25) is 4.79 Å². The van der Waals surface area contributed by atoms with E-state index < -0.39 is 0 Å². The highest BCUT2D eigenvalue weighted by molar-refractivity contribution is 5.94. The van der Waals surface area contributed by atoms with Gasteiger partial charge in [-0.15, -0.1) is 0 Å². The molecule has 1 aliphatic carbocycles. The molecule has 0 bridgehead atoms. The van der Waals surface area contributed by atoms with Gasteiger partial charge in [0.1, 0.15) is 0 Å². The van der Waals surface area contributed by atoms with Crippen molar-refractivity contribution >= 4 is 23.3 Å². The molecule has 1 aromatic carbocycles. The topological polar surface area (TPSA) is 70.2 Å². The van der Waals surface area contributed by atoms with Crippen LogP contribution in [-0.4, -0.2) is 18.5 Å². The van der Waals surface area contributed by atoms with E-state index in [-0.39, 0.29) is 17.9 Å². The summed E-state index contributed by atoms with van der Waals surface area (Å²) in [7, 11) is 0. The lowest BCUT2D eigenvalue weighted by atomic mass is 9.79. The number of nitrogens with one attached hydrogen (secondary N) is 3. The van der Waals surface area contributed by atoms with Crippen LogP contribution in [0.3, 0.4) is 0 Å². The van der Waals surface area contributed by atoms with E-state index in [2.05, 4.69) is 22.9 Å². The Morgan fingerprint density at radius 2 is 1.72 bits per heavy atom. The second-order valence-electron chi connectivity index (χ2n) is 6.91. The van der Waals surface area contributed by atoms with Crippen LogP contribution in [-0.2, 0) is 4.79 Å². The number of unbranched alkanes of at least 4 members (excludes halogenated alkanes) is 1. The number of rotatable bonds is 7. The molecule has 0 aliphatic heterocycles. The summed E-state index contributed by atoms with van der Waals surface area (Å²) in [5.74, 6) is 1.01. The zero-order valence-electron chi connectivity index (χ0n) is 15.4. The Hall–Kier alpha value is -2.04. The predicted molar refractivity (Wildman–Crippen MR) is 103 cm³/mol. The lowest BCUT2D eigenvalue weighted by Gasteiger charge is -2.27.